The van der Waals surface area contributed by atoms with Gasteiger partial charge in [-0.2, -0.15) is 0 Å². The van der Waals surface area contributed by atoms with Crippen molar-refractivity contribution in [3.05, 3.63) is 59.4 Å². The molecule has 0 saturated carbocycles. The third-order valence-electron chi connectivity index (χ3n) is 4.04. The highest BCUT2D eigenvalue weighted by Crippen LogP contribution is 2.29. The molecule has 24 heavy (non-hydrogen) atoms. The lowest BCUT2D eigenvalue weighted by molar-refractivity contribution is 0.408. The Labute approximate surface area is 144 Å². The van der Waals surface area contributed by atoms with Gasteiger partial charge in [0.05, 0.1) is 13.7 Å². The Balaban J connectivity index is 1.80. The van der Waals surface area contributed by atoms with Crippen LogP contribution in [-0.4, -0.2) is 17.6 Å². The van der Waals surface area contributed by atoms with Gasteiger partial charge in [0, 0.05) is 33.9 Å². The molecule has 3 rings (SSSR count). The Kier molecular flexibility index (Phi) is 4.90. The lowest BCUT2D eigenvalue weighted by Gasteiger charge is -2.12. The molecular formula is C19H21NO3S. The van der Waals surface area contributed by atoms with Crippen LogP contribution in [0.3, 0.4) is 0 Å². The largest absolute Gasteiger partial charge is 0.493 e. The number of hydrogen-bond acceptors (Lipinski definition) is 4. The van der Waals surface area contributed by atoms with E-state index in [0.29, 0.717) is 12.3 Å². The van der Waals surface area contributed by atoms with Gasteiger partial charge in [0.1, 0.15) is 5.76 Å². The van der Waals surface area contributed by atoms with Gasteiger partial charge in [-0.15, -0.1) is 0 Å². The lowest BCUT2D eigenvalue weighted by Crippen LogP contribution is -2.03. The van der Waals surface area contributed by atoms with E-state index in [1.165, 1.54) is 0 Å². The molecule has 0 aliphatic rings. The van der Waals surface area contributed by atoms with Crippen LogP contribution in [0.15, 0.2) is 46.9 Å². The first-order valence-electron chi connectivity index (χ1n) is 7.76. The van der Waals surface area contributed by atoms with E-state index in [1.807, 2.05) is 49.4 Å². The number of rotatable bonds is 6. The maximum absolute atomic E-state index is 11.5. The number of nitrogens with one attached hydrogen (secondary N) is 1. The minimum Gasteiger partial charge on any atom is -0.493 e. The number of fused-ring (bicyclic) bond motifs is 1. The van der Waals surface area contributed by atoms with Crippen molar-refractivity contribution in [1.82, 2.24) is 0 Å². The fourth-order valence-corrected chi connectivity index (χ4v) is 3.52. The van der Waals surface area contributed by atoms with Crippen LogP contribution in [0.4, 0.5) is 5.69 Å². The smallest absolute Gasteiger partial charge is 0.176 e. The molecule has 2 aromatic carbocycles. The van der Waals surface area contributed by atoms with Crippen LogP contribution in [0.1, 0.15) is 16.9 Å². The van der Waals surface area contributed by atoms with Crippen LogP contribution in [0.25, 0.3) is 11.0 Å². The number of anilines is 1. The van der Waals surface area contributed by atoms with Crippen LogP contribution in [0.2, 0.25) is 0 Å². The predicted molar refractivity (Wildman–Crippen MR) is 99.0 cm³/mol. The Morgan fingerprint density at radius 3 is 2.75 bits per heavy atom. The molecule has 0 saturated heterocycles. The molecule has 1 aromatic heterocycles. The maximum Gasteiger partial charge on any atom is 0.176 e. The number of para-hydroxylation sites is 1. The van der Waals surface area contributed by atoms with Crippen molar-refractivity contribution in [2.24, 2.45) is 0 Å². The fraction of sp³-hybridized carbons (Fsp3) is 0.263. The summed E-state index contributed by atoms with van der Waals surface area (Å²) in [7, 11) is 0.791. The van der Waals surface area contributed by atoms with E-state index < -0.39 is 10.8 Å². The highest BCUT2D eigenvalue weighted by atomic mass is 32.2. The zero-order chi connectivity index (χ0) is 17.1. The highest BCUT2D eigenvalue weighted by molar-refractivity contribution is 7.83. The molecule has 0 amide bonds. The van der Waals surface area contributed by atoms with Crippen LogP contribution in [-0.2, 0) is 23.1 Å². The summed E-state index contributed by atoms with van der Waals surface area (Å²) in [6.45, 7) is 2.63. The summed E-state index contributed by atoms with van der Waals surface area (Å²) in [5.41, 5.74) is 4.03. The van der Waals surface area contributed by atoms with Crippen LogP contribution >= 0.6 is 0 Å². The molecule has 0 aliphatic carbocycles. The monoisotopic (exact) mass is 343 g/mol. The number of methoxy groups -OCH3 is 1. The first kappa shape index (κ1) is 16.6. The van der Waals surface area contributed by atoms with Gasteiger partial charge >= 0.3 is 0 Å². The second-order valence-electron chi connectivity index (χ2n) is 5.75. The van der Waals surface area contributed by atoms with Crippen molar-refractivity contribution in [1.29, 1.82) is 0 Å². The van der Waals surface area contributed by atoms with Gasteiger partial charge in [0.15, 0.2) is 11.3 Å². The number of furan rings is 1. The summed E-state index contributed by atoms with van der Waals surface area (Å²) in [5, 5.41) is 4.43. The molecule has 0 bridgehead atoms. The Hall–Kier alpha value is -2.27. The van der Waals surface area contributed by atoms with Gasteiger partial charge in [-0.05, 0) is 36.2 Å². The first-order chi connectivity index (χ1) is 11.6. The predicted octanol–water partition coefficient (Wildman–Crippen LogP) is 4.24. The van der Waals surface area contributed by atoms with E-state index in [9.17, 15) is 4.21 Å². The van der Waals surface area contributed by atoms with Crippen LogP contribution in [0.5, 0.6) is 5.75 Å². The van der Waals surface area contributed by atoms with Crippen molar-refractivity contribution in [3.8, 4) is 5.75 Å². The first-order valence-corrected chi connectivity index (χ1v) is 9.49. The molecule has 126 valence electrons. The van der Waals surface area contributed by atoms with Gasteiger partial charge in [-0.1, -0.05) is 24.3 Å². The molecule has 0 unspecified atom stereocenters. The summed E-state index contributed by atoms with van der Waals surface area (Å²) in [5.74, 6) is 2.16. The topological polar surface area (TPSA) is 51.5 Å². The quantitative estimate of drug-likeness (QED) is 0.727. The SMILES string of the molecule is COc1cccc2cc(CNc3cccc(C[S@](C)=O)c3C)oc12. The van der Waals surface area contributed by atoms with E-state index in [4.69, 9.17) is 9.15 Å². The fourth-order valence-electron chi connectivity index (χ4n) is 2.77. The summed E-state index contributed by atoms with van der Waals surface area (Å²) in [6, 6.07) is 13.9. The van der Waals surface area contributed by atoms with E-state index >= 15 is 0 Å². The van der Waals surface area contributed by atoms with Crippen molar-refractivity contribution >= 4 is 27.5 Å². The van der Waals surface area contributed by atoms with Gasteiger partial charge < -0.3 is 14.5 Å². The lowest BCUT2D eigenvalue weighted by atomic mass is 10.1. The normalized spacial score (nSPS) is 12.3. The molecular weight excluding hydrogens is 322 g/mol. The third kappa shape index (κ3) is 3.46. The number of benzene rings is 2. The molecule has 0 aliphatic heterocycles. The zero-order valence-electron chi connectivity index (χ0n) is 14.1. The molecule has 5 heteroatoms. The highest BCUT2D eigenvalue weighted by Gasteiger charge is 2.10. The Morgan fingerprint density at radius 2 is 2.00 bits per heavy atom. The second-order valence-corrected chi connectivity index (χ2v) is 7.19. The summed E-state index contributed by atoms with van der Waals surface area (Å²) in [6.07, 6.45) is 1.72. The van der Waals surface area contributed by atoms with Gasteiger partial charge in [0.2, 0.25) is 0 Å². The minimum absolute atomic E-state index is 0.573. The van der Waals surface area contributed by atoms with Gasteiger partial charge in [-0.25, -0.2) is 0 Å². The molecule has 0 radical (unpaired) electrons. The van der Waals surface area contributed by atoms with Gasteiger partial charge in [-0.3, -0.25) is 4.21 Å². The maximum atomic E-state index is 11.5. The standard InChI is InChI=1S/C19H21NO3S/c1-13-15(12-24(3)21)7-4-8-17(13)20-11-16-10-14-6-5-9-18(22-2)19(14)23-16/h4-10,20H,11-12H2,1-3H3/t24-/m0/s1. The van der Waals surface area contributed by atoms with E-state index in [2.05, 4.69) is 5.32 Å². The number of ether oxygens (including phenoxy) is 1. The molecule has 0 fully saturated rings. The Bertz CT molecular complexity index is 885. The molecule has 1 heterocycles. The molecule has 1 atom stereocenters. The van der Waals surface area contributed by atoms with Crippen molar-refractivity contribution < 1.29 is 13.4 Å². The van der Waals surface area contributed by atoms with Crippen molar-refractivity contribution in [2.75, 3.05) is 18.7 Å². The van der Waals surface area contributed by atoms with Crippen LogP contribution in [0, 0.1) is 6.92 Å². The van der Waals surface area contributed by atoms with Crippen LogP contribution < -0.4 is 10.1 Å². The van der Waals surface area contributed by atoms with E-state index in [-0.39, 0.29) is 0 Å². The summed E-state index contributed by atoms with van der Waals surface area (Å²) < 4.78 is 22.7. The molecule has 0 spiro atoms. The summed E-state index contributed by atoms with van der Waals surface area (Å²) >= 11 is 0. The molecule has 4 nitrogen and oxygen atoms in total. The molecule has 1 N–H and O–H groups in total. The average molecular weight is 343 g/mol. The molecule has 3 aromatic rings. The van der Waals surface area contributed by atoms with E-state index in [1.54, 1.807) is 13.4 Å². The number of hydrogen-bond donors (Lipinski definition) is 1. The van der Waals surface area contributed by atoms with Gasteiger partial charge in [0.25, 0.3) is 0 Å². The average Bonchev–Trinajstić information content (AvgIpc) is 2.98. The third-order valence-corrected chi connectivity index (χ3v) is 4.75. The minimum atomic E-state index is -0.850. The van der Waals surface area contributed by atoms with Crippen molar-refractivity contribution in [2.45, 2.75) is 19.2 Å². The second kappa shape index (κ2) is 7.09. The van der Waals surface area contributed by atoms with E-state index in [0.717, 1.165) is 39.3 Å². The summed E-state index contributed by atoms with van der Waals surface area (Å²) in [4.78, 5) is 0. The Morgan fingerprint density at radius 1 is 1.21 bits per heavy atom. The van der Waals surface area contributed by atoms with Crippen molar-refractivity contribution in [3.63, 3.8) is 0 Å². The zero-order valence-corrected chi connectivity index (χ0v) is 14.9.